The molecule has 0 unspecified atom stereocenters. The first-order valence-electron chi connectivity index (χ1n) is 16.8. The number of fused-ring (bicyclic) bond motifs is 6. The maximum Gasteiger partial charge on any atom is 0.160 e. The number of nitrogens with zero attached hydrogens (tertiary/aromatic N) is 3. The van der Waals surface area contributed by atoms with Crippen molar-refractivity contribution in [3.05, 3.63) is 176 Å². The van der Waals surface area contributed by atoms with Crippen LogP contribution in [0, 0.1) is 0 Å². The van der Waals surface area contributed by atoms with Gasteiger partial charge in [0.15, 0.2) is 5.82 Å². The monoisotopic (exact) mass is 655 g/mol. The van der Waals surface area contributed by atoms with E-state index in [-0.39, 0.29) is 0 Å². The predicted octanol–water partition coefficient (Wildman–Crippen LogP) is 12.6. The minimum Gasteiger partial charge on any atom is -0.309 e. The van der Waals surface area contributed by atoms with Crippen LogP contribution in [0.4, 0.5) is 0 Å². The molecule has 234 valence electrons. The number of hydrogen-bond acceptors (Lipinski definition) is 3. The fraction of sp³-hybridized carbons (Fsp3) is 0. The normalized spacial score (nSPS) is 11.6. The van der Waals surface area contributed by atoms with Crippen molar-refractivity contribution in [2.24, 2.45) is 0 Å². The molecule has 3 nitrogen and oxygen atoms in total. The summed E-state index contributed by atoms with van der Waals surface area (Å²) in [6.45, 7) is 0. The molecule has 10 rings (SSSR count). The molecule has 0 aliphatic heterocycles. The lowest BCUT2D eigenvalue weighted by Crippen LogP contribution is -1.95. The topological polar surface area (TPSA) is 30.7 Å². The van der Waals surface area contributed by atoms with Crippen LogP contribution in [0.3, 0.4) is 0 Å². The van der Waals surface area contributed by atoms with Crippen LogP contribution in [0.2, 0.25) is 0 Å². The molecule has 50 heavy (non-hydrogen) atoms. The fourth-order valence-electron chi connectivity index (χ4n) is 7.19. The Morgan fingerprint density at radius 1 is 0.360 bits per heavy atom. The van der Waals surface area contributed by atoms with Crippen LogP contribution >= 0.6 is 11.3 Å². The summed E-state index contributed by atoms with van der Waals surface area (Å²) >= 11 is 1.84. The molecular formula is C46H29N3S. The van der Waals surface area contributed by atoms with Crippen LogP contribution in [0.1, 0.15) is 0 Å². The van der Waals surface area contributed by atoms with Crippen molar-refractivity contribution in [2.45, 2.75) is 0 Å². The van der Waals surface area contributed by atoms with E-state index in [9.17, 15) is 0 Å². The quantitative estimate of drug-likeness (QED) is 0.185. The summed E-state index contributed by atoms with van der Waals surface area (Å²) in [5, 5.41) is 5.07. The maximum atomic E-state index is 5.07. The van der Waals surface area contributed by atoms with Gasteiger partial charge in [-0.15, -0.1) is 11.3 Å². The fourth-order valence-corrected chi connectivity index (χ4v) is 8.37. The molecule has 3 aromatic heterocycles. The van der Waals surface area contributed by atoms with Gasteiger partial charge in [-0.3, -0.25) is 0 Å². The molecule has 0 N–H and O–H groups in total. The molecule has 10 aromatic rings. The Morgan fingerprint density at radius 2 is 0.880 bits per heavy atom. The van der Waals surface area contributed by atoms with E-state index < -0.39 is 0 Å². The molecule has 0 aliphatic carbocycles. The first-order chi connectivity index (χ1) is 24.8. The van der Waals surface area contributed by atoms with Crippen LogP contribution in [0.15, 0.2) is 176 Å². The van der Waals surface area contributed by atoms with Gasteiger partial charge in [-0.25, -0.2) is 9.97 Å². The first-order valence-corrected chi connectivity index (χ1v) is 17.6. The summed E-state index contributed by atoms with van der Waals surface area (Å²) in [4.78, 5) is 10.1. The van der Waals surface area contributed by atoms with Gasteiger partial charge in [-0.1, -0.05) is 133 Å². The Balaban J connectivity index is 1.08. The third kappa shape index (κ3) is 4.80. The average Bonchev–Trinajstić information content (AvgIpc) is 3.73. The van der Waals surface area contributed by atoms with Crippen molar-refractivity contribution in [1.82, 2.24) is 14.5 Å². The van der Waals surface area contributed by atoms with E-state index in [2.05, 4.69) is 156 Å². The highest BCUT2D eigenvalue weighted by Gasteiger charge is 2.15. The second kappa shape index (κ2) is 11.7. The second-order valence-electron chi connectivity index (χ2n) is 12.6. The lowest BCUT2D eigenvalue weighted by molar-refractivity contribution is 1.18. The largest absolute Gasteiger partial charge is 0.309 e. The molecule has 0 amide bonds. The minimum absolute atomic E-state index is 0.728. The average molecular weight is 656 g/mol. The third-order valence-electron chi connectivity index (χ3n) is 9.62. The van der Waals surface area contributed by atoms with E-state index in [1.54, 1.807) is 0 Å². The minimum atomic E-state index is 0.728. The van der Waals surface area contributed by atoms with Gasteiger partial charge >= 0.3 is 0 Å². The van der Waals surface area contributed by atoms with Crippen molar-refractivity contribution in [1.29, 1.82) is 0 Å². The predicted molar refractivity (Wildman–Crippen MR) is 211 cm³/mol. The summed E-state index contributed by atoms with van der Waals surface area (Å²) in [5.74, 6) is 0.728. The van der Waals surface area contributed by atoms with Gasteiger partial charge in [-0.2, -0.15) is 0 Å². The molecule has 0 saturated carbocycles. The first kappa shape index (κ1) is 28.6. The Hall–Kier alpha value is -6.36. The van der Waals surface area contributed by atoms with Gasteiger partial charge in [0.05, 0.1) is 22.4 Å². The molecule has 0 saturated heterocycles. The zero-order chi connectivity index (χ0) is 33.0. The number of hydrogen-bond donors (Lipinski definition) is 0. The number of rotatable bonds is 5. The van der Waals surface area contributed by atoms with E-state index in [4.69, 9.17) is 9.97 Å². The van der Waals surface area contributed by atoms with E-state index in [1.807, 2.05) is 35.6 Å². The second-order valence-corrected chi connectivity index (χ2v) is 13.7. The smallest absolute Gasteiger partial charge is 0.160 e. The highest BCUT2D eigenvalue weighted by molar-refractivity contribution is 7.25. The van der Waals surface area contributed by atoms with Gasteiger partial charge in [0.1, 0.15) is 0 Å². The molecule has 0 bridgehead atoms. The molecule has 0 spiro atoms. The summed E-state index contributed by atoms with van der Waals surface area (Å²) < 4.78 is 4.90. The lowest BCUT2D eigenvalue weighted by atomic mass is 10.0. The van der Waals surface area contributed by atoms with Gasteiger partial charge in [-0.05, 0) is 53.6 Å². The van der Waals surface area contributed by atoms with Gasteiger partial charge in [0.25, 0.3) is 0 Å². The summed E-state index contributed by atoms with van der Waals surface area (Å²) in [5.41, 5.74) is 11.0. The number of para-hydroxylation sites is 2. The Morgan fingerprint density at radius 3 is 1.60 bits per heavy atom. The Labute approximate surface area is 293 Å². The Bertz CT molecular complexity index is 2800. The van der Waals surface area contributed by atoms with Gasteiger partial charge < -0.3 is 4.57 Å². The number of aromatic nitrogens is 3. The van der Waals surface area contributed by atoms with Crippen LogP contribution < -0.4 is 0 Å². The Kier molecular flexibility index (Phi) is 6.68. The molecular weight excluding hydrogens is 627 g/mol. The van der Waals surface area contributed by atoms with Gasteiger partial charge in [0, 0.05) is 53.3 Å². The standard InChI is InChI=1S/C46H29N3S/c1-4-12-30(13-5-1)40-29-41(48-46(47-40)31-14-6-2-7-15-31)34-22-25-39-38-24-21-33(27-44(38)50-45(39)28-34)32-20-23-37-36-18-10-11-19-42(36)49(43(37)26-32)35-16-8-3-9-17-35/h1-29H. The van der Waals surface area contributed by atoms with E-state index >= 15 is 0 Å². The van der Waals surface area contributed by atoms with Gasteiger partial charge in [0.2, 0.25) is 0 Å². The van der Waals surface area contributed by atoms with E-state index in [1.165, 1.54) is 58.8 Å². The summed E-state index contributed by atoms with van der Waals surface area (Å²) in [6, 6.07) is 62.6. The molecule has 0 radical (unpaired) electrons. The highest BCUT2D eigenvalue weighted by Crippen LogP contribution is 2.40. The molecule has 0 fully saturated rings. The number of thiophene rings is 1. The summed E-state index contributed by atoms with van der Waals surface area (Å²) in [6.07, 6.45) is 0. The van der Waals surface area contributed by atoms with E-state index in [0.29, 0.717) is 0 Å². The zero-order valence-corrected chi connectivity index (χ0v) is 27.8. The zero-order valence-electron chi connectivity index (χ0n) is 27.0. The lowest BCUT2D eigenvalue weighted by Gasteiger charge is -2.09. The van der Waals surface area contributed by atoms with Crippen LogP contribution in [0.25, 0.3) is 92.7 Å². The molecule has 0 aliphatic rings. The van der Waals surface area contributed by atoms with Crippen molar-refractivity contribution >= 4 is 53.3 Å². The van der Waals surface area contributed by atoms with E-state index in [0.717, 1.165) is 33.9 Å². The van der Waals surface area contributed by atoms with Crippen LogP contribution in [-0.2, 0) is 0 Å². The number of benzene rings is 7. The molecule has 4 heteroatoms. The van der Waals surface area contributed by atoms with Crippen LogP contribution in [0.5, 0.6) is 0 Å². The van der Waals surface area contributed by atoms with Crippen molar-refractivity contribution < 1.29 is 0 Å². The van der Waals surface area contributed by atoms with Crippen molar-refractivity contribution in [3.63, 3.8) is 0 Å². The third-order valence-corrected chi connectivity index (χ3v) is 10.7. The van der Waals surface area contributed by atoms with Crippen molar-refractivity contribution in [3.8, 4) is 50.7 Å². The van der Waals surface area contributed by atoms with Crippen molar-refractivity contribution in [2.75, 3.05) is 0 Å². The van der Waals surface area contributed by atoms with Crippen LogP contribution in [-0.4, -0.2) is 14.5 Å². The summed E-state index contributed by atoms with van der Waals surface area (Å²) in [7, 11) is 0. The molecule has 3 heterocycles. The maximum absolute atomic E-state index is 5.07. The highest BCUT2D eigenvalue weighted by atomic mass is 32.1. The molecule has 7 aromatic carbocycles. The molecule has 0 atom stereocenters. The SMILES string of the molecule is c1ccc(-c2cc(-c3ccc4c(c3)sc3cc(-c5ccc6c7ccccc7n(-c7ccccc7)c6c5)ccc34)nc(-c3ccccc3)n2)cc1.